The molecule has 0 saturated carbocycles. The van der Waals surface area contributed by atoms with E-state index in [-0.39, 0.29) is 0 Å². The summed E-state index contributed by atoms with van der Waals surface area (Å²) in [6.45, 7) is 1.40. The van der Waals surface area contributed by atoms with Gasteiger partial charge in [0.25, 0.3) is 0 Å². The van der Waals surface area contributed by atoms with Crippen LogP contribution in [-0.2, 0) is 13.0 Å². The van der Waals surface area contributed by atoms with E-state index in [9.17, 15) is 0 Å². The Morgan fingerprint density at radius 3 is 2.83 bits per heavy atom. The van der Waals surface area contributed by atoms with Gasteiger partial charge in [0.2, 0.25) is 0 Å². The molecular formula is C20H21N3. The number of nitrogens with zero attached hydrogens (tertiary/aromatic N) is 2. The molecule has 2 N–H and O–H groups in total. The molecule has 23 heavy (non-hydrogen) atoms. The molecule has 0 aliphatic heterocycles. The fraction of sp³-hybridized carbons (Fsp3) is 0.250. The minimum absolute atomic E-state index is 0.590. The van der Waals surface area contributed by atoms with E-state index in [2.05, 4.69) is 59.4 Å². The van der Waals surface area contributed by atoms with Crippen molar-refractivity contribution in [2.45, 2.75) is 25.8 Å². The number of rotatable bonds is 3. The fourth-order valence-corrected chi connectivity index (χ4v) is 3.45. The van der Waals surface area contributed by atoms with E-state index in [0.717, 1.165) is 25.1 Å². The average Bonchev–Trinajstić information content (AvgIpc) is 2.98. The molecule has 1 heterocycles. The third-order valence-corrected chi connectivity index (χ3v) is 4.56. The predicted molar refractivity (Wildman–Crippen MR) is 95.2 cm³/mol. The van der Waals surface area contributed by atoms with Crippen molar-refractivity contribution in [3.05, 3.63) is 71.6 Å². The molecule has 4 rings (SSSR count). The second kappa shape index (κ2) is 6.01. The first-order valence-corrected chi connectivity index (χ1v) is 8.27. The Hall–Kier alpha value is -2.39. The molecule has 3 aromatic rings. The van der Waals surface area contributed by atoms with Crippen LogP contribution in [0.25, 0.3) is 16.3 Å². The molecule has 0 radical (unpaired) electrons. The van der Waals surface area contributed by atoms with Crippen molar-refractivity contribution in [1.82, 2.24) is 9.78 Å². The topological polar surface area (TPSA) is 43.8 Å². The predicted octanol–water partition coefficient (Wildman–Crippen LogP) is 3.76. The standard InChI is InChI=1S/C20H21N3/c21-11-10-17-6-3-7-19-14-23(22-20(17)19)13-15-8-9-16-4-1-2-5-18(16)12-15/h1-2,4-5,8-10,12,14H,3,6-7,11,13,21H2/b17-10+. The van der Waals surface area contributed by atoms with Gasteiger partial charge in [0, 0.05) is 12.7 Å². The van der Waals surface area contributed by atoms with E-state index < -0.39 is 0 Å². The first-order chi connectivity index (χ1) is 11.3. The van der Waals surface area contributed by atoms with Crippen LogP contribution in [0.2, 0.25) is 0 Å². The minimum atomic E-state index is 0.590. The number of nitrogens with two attached hydrogens (primary N) is 1. The van der Waals surface area contributed by atoms with Crippen molar-refractivity contribution in [2.24, 2.45) is 5.73 Å². The van der Waals surface area contributed by atoms with Crippen molar-refractivity contribution >= 4 is 16.3 Å². The third kappa shape index (κ3) is 2.80. The maximum absolute atomic E-state index is 5.69. The van der Waals surface area contributed by atoms with Gasteiger partial charge in [-0.15, -0.1) is 0 Å². The molecule has 2 aromatic carbocycles. The zero-order valence-electron chi connectivity index (χ0n) is 13.2. The number of aryl methyl sites for hydroxylation is 1. The van der Waals surface area contributed by atoms with E-state index in [4.69, 9.17) is 10.8 Å². The van der Waals surface area contributed by atoms with Gasteiger partial charge in [-0.25, -0.2) is 0 Å². The summed E-state index contributed by atoms with van der Waals surface area (Å²) in [5, 5.41) is 7.38. The highest BCUT2D eigenvalue weighted by Gasteiger charge is 2.18. The number of aromatic nitrogens is 2. The molecule has 0 bridgehead atoms. The smallest absolute Gasteiger partial charge is 0.0912 e. The van der Waals surface area contributed by atoms with Gasteiger partial charge in [0.1, 0.15) is 0 Å². The summed E-state index contributed by atoms with van der Waals surface area (Å²) in [4.78, 5) is 0. The SMILES string of the molecule is NC/C=C1\CCCc2cn(Cc3ccc4ccccc4c3)nc21. The fourth-order valence-electron chi connectivity index (χ4n) is 3.45. The average molecular weight is 303 g/mol. The second-order valence-corrected chi connectivity index (χ2v) is 6.20. The molecule has 0 saturated heterocycles. The quantitative estimate of drug-likeness (QED) is 0.800. The largest absolute Gasteiger partial charge is 0.327 e. The lowest BCUT2D eigenvalue weighted by Gasteiger charge is -2.12. The molecule has 3 nitrogen and oxygen atoms in total. The highest BCUT2D eigenvalue weighted by Crippen LogP contribution is 2.29. The van der Waals surface area contributed by atoms with Crippen LogP contribution in [0.1, 0.15) is 29.7 Å². The van der Waals surface area contributed by atoms with E-state index in [0.29, 0.717) is 6.54 Å². The Kier molecular flexibility index (Phi) is 3.72. The monoisotopic (exact) mass is 303 g/mol. The first kappa shape index (κ1) is 14.2. The number of allylic oxidation sites excluding steroid dienone is 1. The Balaban J connectivity index is 1.65. The second-order valence-electron chi connectivity index (χ2n) is 6.20. The minimum Gasteiger partial charge on any atom is -0.327 e. The molecule has 0 unspecified atom stereocenters. The zero-order valence-corrected chi connectivity index (χ0v) is 13.2. The number of fused-ring (bicyclic) bond motifs is 2. The summed E-state index contributed by atoms with van der Waals surface area (Å²) in [5.41, 5.74) is 10.8. The van der Waals surface area contributed by atoms with Gasteiger partial charge in [-0.2, -0.15) is 5.10 Å². The Morgan fingerprint density at radius 2 is 1.96 bits per heavy atom. The van der Waals surface area contributed by atoms with Crippen molar-refractivity contribution in [3.8, 4) is 0 Å². The van der Waals surface area contributed by atoms with Gasteiger partial charge in [0.05, 0.1) is 12.2 Å². The van der Waals surface area contributed by atoms with E-state index in [1.807, 2.05) is 0 Å². The van der Waals surface area contributed by atoms with Crippen LogP contribution in [0.15, 0.2) is 54.7 Å². The van der Waals surface area contributed by atoms with Crippen molar-refractivity contribution < 1.29 is 0 Å². The molecule has 1 aromatic heterocycles. The van der Waals surface area contributed by atoms with E-state index in [1.54, 1.807) is 0 Å². The van der Waals surface area contributed by atoms with Crippen LogP contribution < -0.4 is 5.73 Å². The maximum Gasteiger partial charge on any atom is 0.0912 e. The van der Waals surface area contributed by atoms with Crippen LogP contribution in [0, 0.1) is 0 Å². The van der Waals surface area contributed by atoms with Gasteiger partial charge < -0.3 is 5.73 Å². The molecule has 1 aliphatic carbocycles. The van der Waals surface area contributed by atoms with Gasteiger partial charge in [-0.05, 0) is 52.8 Å². The molecule has 0 fully saturated rings. The summed E-state index contributed by atoms with van der Waals surface area (Å²) >= 11 is 0. The summed E-state index contributed by atoms with van der Waals surface area (Å²) in [5.74, 6) is 0. The number of hydrogen-bond donors (Lipinski definition) is 1. The van der Waals surface area contributed by atoms with Crippen molar-refractivity contribution in [1.29, 1.82) is 0 Å². The van der Waals surface area contributed by atoms with Gasteiger partial charge in [0.15, 0.2) is 0 Å². The van der Waals surface area contributed by atoms with Crippen LogP contribution in [0.3, 0.4) is 0 Å². The lowest BCUT2D eigenvalue weighted by molar-refractivity contribution is 0.684. The van der Waals surface area contributed by atoms with Crippen LogP contribution in [-0.4, -0.2) is 16.3 Å². The summed E-state index contributed by atoms with van der Waals surface area (Å²) < 4.78 is 2.07. The first-order valence-electron chi connectivity index (χ1n) is 8.27. The van der Waals surface area contributed by atoms with Crippen molar-refractivity contribution in [3.63, 3.8) is 0 Å². The number of hydrogen-bond acceptors (Lipinski definition) is 2. The zero-order chi connectivity index (χ0) is 15.6. The molecular weight excluding hydrogens is 282 g/mol. The summed E-state index contributed by atoms with van der Waals surface area (Å²) in [6, 6.07) is 15.1. The van der Waals surface area contributed by atoms with E-state index in [1.165, 1.54) is 33.9 Å². The Bertz CT molecular complexity index is 873. The van der Waals surface area contributed by atoms with Gasteiger partial charge in [-0.1, -0.05) is 42.5 Å². The number of benzene rings is 2. The summed E-state index contributed by atoms with van der Waals surface area (Å²) in [6.07, 6.45) is 7.73. The highest BCUT2D eigenvalue weighted by atomic mass is 15.3. The summed E-state index contributed by atoms with van der Waals surface area (Å²) in [7, 11) is 0. The lowest BCUT2D eigenvalue weighted by atomic mass is 9.93. The van der Waals surface area contributed by atoms with Crippen LogP contribution in [0.4, 0.5) is 0 Å². The molecule has 0 atom stereocenters. The lowest BCUT2D eigenvalue weighted by Crippen LogP contribution is -2.04. The highest BCUT2D eigenvalue weighted by molar-refractivity contribution is 5.83. The molecule has 0 spiro atoms. The normalized spacial score (nSPS) is 16.0. The molecule has 1 aliphatic rings. The van der Waals surface area contributed by atoms with Crippen LogP contribution in [0.5, 0.6) is 0 Å². The molecule has 0 amide bonds. The molecule has 3 heteroatoms. The third-order valence-electron chi connectivity index (χ3n) is 4.56. The molecule has 116 valence electrons. The van der Waals surface area contributed by atoms with Gasteiger partial charge in [-0.3, -0.25) is 4.68 Å². The Labute approximate surface area is 136 Å². The maximum atomic E-state index is 5.69. The Morgan fingerprint density at radius 1 is 1.09 bits per heavy atom. The van der Waals surface area contributed by atoms with E-state index >= 15 is 0 Å². The van der Waals surface area contributed by atoms with Crippen molar-refractivity contribution in [2.75, 3.05) is 6.54 Å². The van der Waals surface area contributed by atoms with Crippen LogP contribution >= 0.6 is 0 Å². The van der Waals surface area contributed by atoms with Gasteiger partial charge >= 0.3 is 0 Å².